The smallest absolute Gasteiger partial charge is 0.131 e. The summed E-state index contributed by atoms with van der Waals surface area (Å²) in [7, 11) is 0. The van der Waals surface area contributed by atoms with E-state index in [1.54, 1.807) is 0 Å². The van der Waals surface area contributed by atoms with Gasteiger partial charge in [-0.3, -0.25) is 0 Å². The van der Waals surface area contributed by atoms with Crippen molar-refractivity contribution in [2.75, 3.05) is 6.54 Å². The highest BCUT2D eigenvalue weighted by Crippen LogP contribution is 2.27. The fraction of sp³-hybridized carbons (Fsp3) is 0.500. The molecule has 2 unspecified atom stereocenters. The van der Waals surface area contributed by atoms with Crippen molar-refractivity contribution in [3.8, 4) is 0 Å². The van der Waals surface area contributed by atoms with Gasteiger partial charge < -0.3 is 10.8 Å². The molecule has 1 rings (SSSR count). The molecule has 2 nitrogen and oxygen atoms in total. The van der Waals surface area contributed by atoms with Gasteiger partial charge in [0.2, 0.25) is 0 Å². The van der Waals surface area contributed by atoms with E-state index in [1.807, 2.05) is 6.92 Å². The first-order valence-electron chi connectivity index (χ1n) is 5.43. The second-order valence-electron chi connectivity index (χ2n) is 3.90. The van der Waals surface area contributed by atoms with E-state index in [0.29, 0.717) is 6.42 Å². The van der Waals surface area contributed by atoms with Gasteiger partial charge in [0.05, 0.1) is 6.10 Å². The Kier molecular flexibility index (Phi) is 4.83. The predicted octanol–water partition coefficient (Wildman–Crippen LogP) is 2.37. The highest BCUT2D eigenvalue weighted by atomic mass is 19.1. The van der Waals surface area contributed by atoms with E-state index in [0.717, 1.165) is 18.6 Å². The van der Waals surface area contributed by atoms with Crippen LogP contribution in [-0.2, 0) is 0 Å². The minimum absolute atomic E-state index is 0.116. The van der Waals surface area contributed by atoms with Gasteiger partial charge in [-0.25, -0.2) is 8.78 Å². The van der Waals surface area contributed by atoms with Gasteiger partial charge in [-0.1, -0.05) is 19.4 Å². The molecule has 4 heteroatoms. The lowest BCUT2D eigenvalue weighted by atomic mass is 9.91. The van der Waals surface area contributed by atoms with Crippen LogP contribution in [0.5, 0.6) is 0 Å². The van der Waals surface area contributed by atoms with Crippen LogP contribution in [0.3, 0.4) is 0 Å². The molecule has 0 aliphatic carbocycles. The molecule has 0 bridgehead atoms. The average Bonchev–Trinajstić information content (AvgIpc) is 2.25. The average molecular weight is 229 g/mol. The fourth-order valence-electron chi connectivity index (χ4n) is 1.77. The maximum absolute atomic E-state index is 13.4. The zero-order valence-corrected chi connectivity index (χ0v) is 9.29. The Hall–Kier alpha value is -1.00. The molecule has 0 amide bonds. The van der Waals surface area contributed by atoms with Gasteiger partial charge in [-0.15, -0.1) is 0 Å². The van der Waals surface area contributed by atoms with Crippen LogP contribution in [0, 0.1) is 17.6 Å². The first-order chi connectivity index (χ1) is 7.60. The number of rotatable bonds is 5. The Bertz CT molecular complexity index is 344. The lowest BCUT2D eigenvalue weighted by molar-refractivity contribution is 0.103. The van der Waals surface area contributed by atoms with Crippen molar-refractivity contribution in [2.45, 2.75) is 25.9 Å². The van der Waals surface area contributed by atoms with Gasteiger partial charge in [0.25, 0.3) is 0 Å². The normalized spacial score (nSPS) is 14.8. The highest BCUT2D eigenvalue weighted by Gasteiger charge is 2.21. The van der Waals surface area contributed by atoms with Crippen LogP contribution >= 0.6 is 0 Å². The quantitative estimate of drug-likeness (QED) is 0.814. The van der Waals surface area contributed by atoms with Crippen LogP contribution in [0.1, 0.15) is 31.4 Å². The molecule has 3 N–H and O–H groups in total. The summed E-state index contributed by atoms with van der Waals surface area (Å²) < 4.78 is 26.1. The van der Waals surface area contributed by atoms with Crippen LogP contribution < -0.4 is 5.73 Å². The van der Waals surface area contributed by atoms with E-state index in [2.05, 4.69) is 0 Å². The van der Waals surface area contributed by atoms with Gasteiger partial charge in [0.15, 0.2) is 0 Å². The molecule has 0 saturated heterocycles. The molecule has 1 aromatic carbocycles. The summed E-state index contributed by atoms with van der Waals surface area (Å²) in [6.45, 7) is 2.25. The van der Waals surface area contributed by atoms with Crippen LogP contribution in [-0.4, -0.2) is 11.7 Å². The molecule has 0 spiro atoms. The highest BCUT2D eigenvalue weighted by molar-refractivity contribution is 5.21. The van der Waals surface area contributed by atoms with Crippen molar-refractivity contribution in [3.63, 3.8) is 0 Å². The molecular weight excluding hydrogens is 212 g/mol. The van der Waals surface area contributed by atoms with Gasteiger partial charge in [-0.05, 0) is 19.0 Å². The molecule has 0 aromatic heterocycles. The first kappa shape index (κ1) is 13.1. The first-order valence-corrected chi connectivity index (χ1v) is 5.43. The Balaban J connectivity index is 2.89. The van der Waals surface area contributed by atoms with Crippen LogP contribution in [0.25, 0.3) is 0 Å². The molecule has 2 atom stereocenters. The van der Waals surface area contributed by atoms with Crippen molar-refractivity contribution in [3.05, 3.63) is 35.4 Å². The second kappa shape index (κ2) is 5.92. The van der Waals surface area contributed by atoms with Gasteiger partial charge >= 0.3 is 0 Å². The van der Waals surface area contributed by atoms with E-state index in [1.165, 1.54) is 6.07 Å². The summed E-state index contributed by atoms with van der Waals surface area (Å²) in [4.78, 5) is 0. The standard InChI is InChI=1S/C12H17F2NO/c1-2-3-8(7-15)12(16)10-5-4-9(13)6-11(10)14/h4-6,8,12,16H,2-3,7,15H2,1H3. The summed E-state index contributed by atoms with van der Waals surface area (Å²) in [5.41, 5.74) is 5.64. The van der Waals surface area contributed by atoms with Crippen molar-refractivity contribution < 1.29 is 13.9 Å². The van der Waals surface area contributed by atoms with Crippen LogP contribution in [0.4, 0.5) is 8.78 Å². The number of aliphatic hydroxyl groups excluding tert-OH is 1. The van der Waals surface area contributed by atoms with Crippen LogP contribution in [0.2, 0.25) is 0 Å². The van der Waals surface area contributed by atoms with E-state index in [9.17, 15) is 13.9 Å². The molecule has 0 radical (unpaired) electrons. The van der Waals surface area contributed by atoms with E-state index in [4.69, 9.17) is 5.73 Å². The Morgan fingerprint density at radius 2 is 2.06 bits per heavy atom. The molecule has 90 valence electrons. The number of hydrogen-bond donors (Lipinski definition) is 2. The maximum Gasteiger partial charge on any atom is 0.131 e. The SMILES string of the molecule is CCCC(CN)C(O)c1ccc(F)cc1F. The summed E-state index contributed by atoms with van der Waals surface area (Å²) in [5.74, 6) is -1.56. The number of hydrogen-bond acceptors (Lipinski definition) is 2. The van der Waals surface area contributed by atoms with Crippen LogP contribution in [0.15, 0.2) is 18.2 Å². The number of halogens is 2. The molecule has 0 aliphatic heterocycles. The topological polar surface area (TPSA) is 46.2 Å². The summed E-state index contributed by atoms with van der Waals surface area (Å²) in [6, 6.07) is 3.19. The van der Waals surface area contributed by atoms with Gasteiger partial charge in [-0.2, -0.15) is 0 Å². The Morgan fingerprint density at radius 1 is 1.38 bits per heavy atom. The number of benzene rings is 1. The minimum Gasteiger partial charge on any atom is -0.388 e. The molecule has 0 fully saturated rings. The van der Waals surface area contributed by atoms with Crippen molar-refractivity contribution in [2.24, 2.45) is 11.7 Å². The molecule has 0 aliphatic rings. The van der Waals surface area contributed by atoms with Gasteiger partial charge in [0, 0.05) is 17.5 Å². The third-order valence-corrected chi connectivity index (χ3v) is 2.69. The van der Waals surface area contributed by atoms with Crippen molar-refractivity contribution in [1.82, 2.24) is 0 Å². The molecule has 0 heterocycles. The van der Waals surface area contributed by atoms with E-state index < -0.39 is 17.7 Å². The molecular formula is C12H17F2NO. The Labute approximate surface area is 94.1 Å². The minimum atomic E-state index is -0.967. The summed E-state index contributed by atoms with van der Waals surface area (Å²) >= 11 is 0. The van der Waals surface area contributed by atoms with E-state index >= 15 is 0 Å². The molecule has 1 aromatic rings. The Morgan fingerprint density at radius 3 is 2.56 bits per heavy atom. The van der Waals surface area contributed by atoms with Crippen molar-refractivity contribution in [1.29, 1.82) is 0 Å². The zero-order chi connectivity index (χ0) is 12.1. The third kappa shape index (κ3) is 3.00. The number of aliphatic hydroxyl groups is 1. The predicted molar refractivity (Wildman–Crippen MR) is 58.8 cm³/mol. The van der Waals surface area contributed by atoms with E-state index in [-0.39, 0.29) is 18.0 Å². The van der Waals surface area contributed by atoms with Crippen molar-refractivity contribution >= 4 is 0 Å². The molecule has 16 heavy (non-hydrogen) atoms. The maximum atomic E-state index is 13.4. The molecule has 0 saturated carbocycles. The lowest BCUT2D eigenvalue weighted by Gasteiger charge is -2.21. The monoisotopic (exact) mass is 229 g/mol. The third-order valence-electron chi connectivity index (χ3n) is 2.69. The number of nitrogens with two attached hydrogens (primary N) is 1. The summed E-state index contributed by atoms with van der Waals surface area (Å²) in [6.07, 6.45) is 0.613. The van der Waals surface area contributed by atoms with Gasteiger partial charge in [0.1, 0.15) is 11.6 Å². The largest absolute Gasteiger partial charge is 0.388 e. The second-order valence-corrected chi connectivity index (χ2v) is 3.90. The summed E-state index contributed by atoms with van der Waals surface area (Å²) in [5, 5.41) is 9.94. The fourth-order valence-corrected chi connectivity index (χ4v) is 1.77. The zero-order valence-electron chi connectivity index (χ0n) is 9.29. The lowest BCUT2D eigenvalue weighted by Crippen LogP contribution is -2.22.